The summed E-state index contributed by atoms with van der Waals surface area (Å²) in [5.74, 6) is -1.73. The van der Waals surface area contributed by atoms with Crippen molar-refractivity contribution in [2.24, 2.45) is 0 Å². The number of carbonyl (C=O) groups is 2. The smallest absolute Gasteiger partial charge is 0.329 e. The van der Waals surface area contributed by atoms with Crippen molar-refractivity contribution < 1.29 is 19.6 Å². The number of carbonyl (C=O) groups excluding carboxylic acids is 1. The second kappa shape index (κ2) is 6.21. The molecule has 0 fully saturated rings. The van der Waals surface area contributed by atoms with Crippen molar-refractivity contribution in [1.82, 2.24) is 4.90 Å². The van der Waals surface area contributed by atoms with E-state index in [2.05, 4.69) is 15.9 Å². The first-order valence-electron chi connectivity index (χ1n) is 6.11. The van der Waals surface area contributed by atoms with Gasteiger partial charge in [0.2, 0.25) is 0 Å². The monoisotopic (exact) mass is 358 g/mol. The predicted octanol–water partition coefficient (Wildman–Crippen LogP) is 2.68. The molecule has 8 heteroatoms. The molecule has 0 bridgehead atoms. The molecular formula is C13H15BrN2O5. The van der Waals surface area contributed by atoms with Crippen molar-refractivity contribution >= 4 is 33.5 Å². The highest BCUT2D eigenvalue weighted by atomic mass is 79.9. The first-order valence-corrected chi connectivity index (χ1v) is 6.91. The van der Waals surface area contributed by atoms with Gasteiger partial charge in [-0.1, -0.05) is 15.9 Å². The molecule has 1 aromatic rings. The van der Waals surface area contributed by atoms with Crippen molar-refractivity contribution in [3.63, 3.8) is 0 Å². The molecule has 0 aliphatic carbocycles. The number of hydrogen-bond acceptors (Lipinski definition) is 4. The van der Waals surface area contributed by atoms with Gasteiger partial charge in [0, 0.05) is 28.7 Å². The zero-order chi connectivity index (χ0) is 16.4. The van der Waals surface area contributed by atoms with Crippen LogP contribution in [0.3, 0.4) is 0 Å². The van der Waals surface area contributed by atoms with Crippen LogP contribution in [0.5, 0.6) is 0 Å². The third-order valence-corrected chi connectivity index (χ3v) is 3.56. The number of aliphatic carboxylic acids is 1. The molecule has 0 radical (unpaired) electrons. The van der Waals surface area contributed by atoms with Gasteiger partial charge in [0.15, 0.2) is 0 Å². The van der Waals surface area contributed by atoms with Crippen LogP contribution < -0.4 is 0 Å². The standard InChI is InChI=1S/C13H15BrN2O5/c1-4-15(13(2,3)12(18)19)11(17)8-5-9(14)7-10(6-8)16(20)21/h5-7H,4H2,1-3H3,(H,18,19). The van der Waals surface area contributed by atoms with E-state index in [1.807, 2.05) is 0 Å². The third-order valence-electron chi connectivity index (χ3n) is 3.10. The number of hydrogen-bond donors (Lipinski definition) is 1. The minimum Gasteiger partial charge on any atom is -0.480 e. The number of halogens is 1. The van der Waals surface area contributed by atoms with E-state index in [4.69, 9.17) is 0 Å². The molecule has 21 heavy (non-hydrogen) atoms. The Bertz CT molecular complexity index is 600. The summed E-state index contributed by atoms with van der Waals surface area (Å²) in [7, 11) is 0. The molecule has 0 atom stereocenters. The Morgan fingerprint density at radius 1 is 1.38 bits per heavy atom. The lowest BCUT2D eigenvalue weighted by Gasteiger charge is -2.34. The lowest BCUT2D eigenvalue weighted by molar-refractivity contribution is -0.385. The van der Waals surface area contributed by atoms with E-state index in [1.54, 1.807) is 6.92 Å². The summed E-state index contributed by atoms with van der Waals surface area (Å²) < 4.78 is 0.379. The molecule has 0 unspecified atom stereocenters. The fraction of sp³-hybridized carbons (Fsp3) is 0.385. The van der Waals surface area contributed by atoms with Crippen LogP contribution in [0.2, 0.25) is 0 Å². The SMILES string of the molecule is CCN(C(=O)c1cc(Br)cc([N+](=O)[O-])c1)C(C)(C)C(=O)O. The zero-order valence-corrected chi connectivity index (χ0v) is 13.4. The summed E-state index contributed by atoms with van der Waals surface area (Å²) in [6.07, 6.45) is 0. The number of likely N-dealkylation sites (N-methyl/N-ethyl adjacent to an activating group) is 1. The number of non-ortho nitro benzene ring substituents is 1. The Labute approximate surface area is 129 Å². The zero-order valence-electron chi connectivity index (χ0n) is 11.8. The molecule has 0 saturated carbocycles. The van der Waals surface area contributed by atoms with Gasteiger partial charge < -0.3 is 10.0 Å². The predicted molar refractivity (Wildman–Crippen MR) is 79.2 cm³/mol. The quantitative estimate of drug-likeness (QED) is 0.643. The van der Waals surface area contributed by atoms with E-state index < -0.39 is 22.3 Å². The minimum absolute atomic E-state index is 0.0623. The topological polar surface area (TPSA) is 101 Å². The number of carboxylic acids is 1. The largest absolute Gasteiger partial charge is 0.480 e. The Morgan fingerprint density at radius 3 is 2.38 bits per heavy atom. The van der Waals surface area contributed by atoms with Crippen LogP contribution in [0.4, 0.5) is 5.69 Å². The van der Waals surface area contributed by atoms with E-state index >= 15 is 0 Å². The summed E-state index contributed by atoms with van der Waals surface area (Å²) in [6.45, 7) is 4.62. The van der Waals surface area contributed by atoms with Crippen LogP contribution >= 0.6 is 15.9 Å². The van der Waals surface area contributed by atoms with Gasteiger partial charge >= 0.3 is 5.97 Å². The summed E-state index contributed by atoms with van der Waals surface area (Å²) in [6, 6.07) is 3.83. The summed E-state index contributed by atoms with van der Waals surface area (Å²) in [5.41, 5.74) is -1.59. The number of nitro groups is 1. The van der Waals surface area contributed by atoms with Crippen molar-refractivity contribution in [3.05, 3.63) is 38.3 Å². The van der Waals surface area contributed by atoms with Gasteiger partial charge in [-0.05, 0) is 26.8 Å². The van der Waals surface area contributed by atoms with Crippen molar-refractivity contribution in [2.75, 3.05) is 6.54 Å². The maximum absolute atomic E-state index is 12.5. The van der Waals surface area contributed by atoms with Gasteiger partial charge in [0.25, 0.3) is 11.6 Å². The fourth-order valence-corrected chi connectivity index (χ4v) is 2.35. The Hall–Kier alpha value is -1.96. The number of benzene rings is 1. The number of nitro benzene ring substituents is 1. The van der Waals surface area contributed by atoms with Gasteiger partial charge in [-0.3, -0.25) is 14.9 Å². The van der Waals surface area contributed by atoms with Gasteiger partial charge in [-0.2, -0.15) is 0 Å². The second-order valence-corrected chi connectivity index (χ2v) is 5.78. The van der Waals surface area contributed by atoms with E-state index in [0.717, 1.165) is 11.0 Å². The lowest BCUT2D eigenvalue weighted by Crippen LogP contribution is -2.52. The molecule has 0 aliphatic heterocycles. The molecule has 0 saturated heterocycles. The molecule has 0 aromatic heterocycles. The highest BCUT2D eigenvalue weighted by Crippen LogP contribution is 2.25. The van der Waals surface area contributed by atoms with E-state index in [-0.39, 0.29) is 17.8 Å². The third kappa shape index (κ3) is 3.57. The molecule has 0 heterocycles. The van der Waals surface area contributed by atoms with Crippen molar-refractivity contribution in [2.45, 2.75) is 26.3 Å². The van der Waals surface area contributed by atoms with E-state index in [9.17, 15) is 24.8 Å². The maximum atomic E-state index is 12.5. The first-order chi connectivity index (χ1) is 9.61. The van der Waals surface area contributed by atoms with Gasteiger partial charge in [-0.15, -0.1) is 0 Å². The summed E-state index contributed by atoms with van der Waals surface area (Å²) >= 11 is 3.11. The van der Waals surface area contributed by atoms with Crippen molar-refractivity contribution in [3.8, 4) is 0 Å². The van der Waals surface area contributed by atoms with E-state index in [1.165, 1.54) is 26.0 Å². The van der Waals surface area contributed by atoms with Crippen LogP contribution in [0.1, 0.15) is 31.1 Å². The second-order valence-electron chi connectivity index (χ2n) is 4.87. The first kappa shape index (κ1) is 17.1. The van der Waals surface area contributed by atoms with Crippen LogP contribution in [0.25, 0.3) is 0 Å². The molecule has 0 aliphatic rings. The Morgan fingerprint density at radius 2 is 1.95 bits per heavy atom. The molecule has 1 rings (SSSR count). The fourth-order valence-electron chi connectivity index (χ4n) is 1.87. The van der Waals surface area contributed by atoms with Crippen LogP contribution in [0, 0.1) is 10.1 Å². The van der Waals surface area contributed by atoms with Crippen LogP contribution in [0.15, 0.2) is 22.7 Å². The summed E-state index contributed by atoms with van der Waals surface area (Å²) in [5, 5.41) is 20.1. The van der Waals surface area contributed by atoms with Crippen molar-refractivity contribution in [1.29, 1.82) is 0 Å². The van der Waals surface area contributed by atoms with Gasteiger partial charge in [0.1, 0.15) is 5.54 Å². The number of nitrogens with zero attached hydrogens (tertiary/aromatic N) is 2. The Kier molecular flexibility index (Phi) is 5.06. The minimum atomic E-state index is -1.41. The normalized spacial score (nSPS) is 11.0. The maximum Gasteiger partial charge on any atom is 0.329 e. The number of carboxylic acid groups (broad SMARTS) is 1. The summed E-state index contributed by atoms with van der Waals surface area (Å²) in [4.78, 5) is 35.1. The molecule has 1 amide bonds. The van der Waals surface area contributed by atoms with Gasteiger partial charge in [0.05, 0.1) is 4.92 Å². The highest BCUT2D eigenvalue weighted by Gasteiger charge is 2.37. The van der Waals surface area contributed by atoms with Crippen LogP contribution in [-0.2, 0) is 4.79 Å². The molecule has 1 aromatic carbocycles. The average Bonchev–Trinajstić information content (AvgIpc) is 2.38. The average molecular weight is 359 g/mol. The molecule has 7 nitrogen and oxygen atoms in total. The van der Waals surface area contributed by atoms with Crippen LogP contribution in [-0.4, -0.2) is 38.9 Å². The molecule has 0 spiro atoms. The number of rotatable bonds is 5. The molecule has 114 valence electrons. The van der Waals surface area contributed by atoms with E-state index in [0.29, 0.717) is 4.47 Å². The van der Waals surface area contributed by atoms with Gasteiger partial charge in [-0.25, -0.2) is 4.79 Å². The molecular weight excluding hydrogens is 344 g/mol. The lowest BCUT2D eigenvalue weighted by atomic mass is 10.0. The highest BCUT2D eigenvalue weighted by molar-refractivity contribution is 9.10. The Balaban J connectivity index is 3.29. The number of amides is 1. The molecule has 1 N–H and O–H groups in total.